The first-order valence-corrected chi connectivity index (χ1v) is 9.68. The molecule has 0 atom stereocenters. The number of benzene rings is 2. The molecule has 3 N–H and O–H groups in total. The normalized spacial score (nSPS) is 10.7. The Kier molecular flexibility index (Phi) is 5.63. The van der Waals surface area contributed by atoms with E-state index in [0.717, 1.165) is 26.9 Å². The van der Waals surface area contributed by atoms with Crippen molar-refractivity contribution in [1.82, 2.24) is 14.9 Å². The molecule has 8 heteroatoms. The number of anilines is 1. The van der Waals surface area contributed by atoms with Crippen molar-refractivity contribution in [2.45, 2.75) is 19.0 Å². The minimum absolute atomic E-state index is 0.139. The molecule has 2 aromatic carbocycles. The van der Waals surface area contributed by atoms with Crippen LogP contribution in [0.4, 0.5) is 5.69 Å². The van der Waals surface area contributed by atoms with Crippen molar-refractivity contribution in [3.8, 4) is 11.4 Å². The quantitative estimate of drug-likeness (QED) is 0.474. The summed E-state index contributed by atoms with van der Waals surface area (Å²) in [6.45, 7) is 4.01. The number of hydrogen-bond acceptors (Lipinski definition) is 5. The zero-order valence-electron chi connectivity index (χ0n) is 14.4. The molecule has 0 bridgehead atoms. The highest BCUT2D eigenvalue weighted by Gasteiger charge is 2.14. The van der Waals surface area contributed by atoms with Gasteiger partial charge in [0.1, 0.15) is 0 Å². The van der Waals surface area contributed by atoms with E-state index in [1.165, 1.54) is 16.4 Å². The number of hydrogen-bond donors (Lipinski definition) is 2. The topological polar surface area (TPSA) is 85.8 Å². The molecule has 1 aromatic heterocycles. The van der Waals surface area contributed by atoms with E-state index in [1.807, 2.05) is 56.3 Å². The molecule has 1 amide bonds. The first kappa shape index (κ1) is 18.5. The number of rotatable bonds is 5. The highest BCUT2D eigenvalue weighted by atomic mass is 79.9. The molecular weight excluding hydrogens is 414 g/mol. The number of halogens is 1. The number of nitrogens with one attached hydrogen (secondary N) is 1. The van der Waals surface area contributed by atoms with Gasteiger partial charge in [-0.25, -0.2) is 4.68 Å². The second-order valence-electron chi connectivity index (χ2n) is 5.86. The Morgan fingerprint density at radius 1 is 1.15 bits per heavy atom. The fourth-order valence-corrected chi connectivity index (χ4v) is 3.56. The SMILES string of the molecule is Cc1ccc(-c2nnc(SCC(=O)Nc3ccc(C)cc3Br)n2N)cc1. The first-order chi connectivity index (χ1) is 12.4. The van der Waals surface area contributed by atoms with Crippen molar-refractivity contribution >= 4 is 39.3 Å². The fourth-order valence-electron chi connectivity index (χ4n) is 2.31. The molecule has 0 radical (unpaired) electrons. The number of amides is 1. The molecule has 3 aromatic rings. The number of carbonyl (C=O) groups excluding carboxylic acids is 1. The van der Waals surface area contributed by atoms with Gasteiger partial charge in [0.15, 0.2) is 5.82 Å². The maximum atomic E-state index is 12.2. The van der Waals surface area contributed by atoms with Gasteiger partial charge in [0.25, 0.3) is 0 Å². The minimum Gasteiger partial charge on any atom is -0.335 e. The molecule has 1 heterocycles. The van der Waals surface area contributed by atoms with Gasteiger partial charge in [-0.1, -0.05) is 47.7 Å². The van der Waals surface area contributed by atoms with Crippen molar-refractivity contribution in [2.24, 2.45) is 0 Å². The number of nitrogens with two attached hydrogens (primary N) is 1. The molecule has 0 fully saturated rings. The fraction of sp³-hybridized carbons (Fsp3) is 0.167. The highest BCUT2D eigenvalue weighted by molar-refractivity contribution is 9.10. The van der Waals surface area contributed by atoms with E-state index in [1.54, 1.807) is 0 Å². The third kappa shape index (κ3) is 4.25. The van der Waals surface area contributed by atoms with Crippen LogP contribution in [-0.4, -0.2) is 26.5 Å². The molecule has 134 valence electrons. The second kappa shape index (κ2) is 7.92. The third-order valence-corrected chi connectivity index (χ3v) is 5.30. The Hall–Kier alpha value is -2.32. The summed E-state index contributed by atoms with van der Waals surface area (Å²) in [5, 5.41) is 11.6. The van der Waals surface area contributed by atoms with Gasteiger partial charge < -0.3 is 11.2 Å². The van der Waals surface area contributed by atoms with Gasteiger partial charge in [0.2, 0.25) is 11.1 Å². The van der Waals surface area contributed by atoms with Crippen LogP contribution in [0.3, 0.4) is 0 Å². The van der Waals surface area contributed by atoms with Crippen molar-refractivity contribution in [3.63, 3.8) is 0 Å². The van der Waals surface area contributed by atoms with Crippen LogP contribution in [0.15, 0.2) is 52.1 Å². The Balaban J connectivity index is 1.64. The van der Waals surface area contributed by atoms with Crippen molar-refractivity contribution in [3.05, 3.63) is 58.1 Å². The summed E-state index contributed by atoms with van der Waals surface area (Å²) in [6, 6.07) is 13.6. The predicted molar refractivity (Wildman–Crippen MR) is 109 cm³/mol. The van der Waals surface area contributed by atoms with E-state index in [0.29, 0.717) is 11.0 Å². The van der Waals surface area contributed by atoms with Gasteiger partial charge >= 0.3 is 0 Å². The molecule has 0 aliphatic rings. The molecule has 0 spiro atoms. The third-order valence-electron chi connectivity index (χ3n) is 3.71. The lowest BCUT2D eigenvalue weighted by Gasteiger charge is -2.08. The molecule has 0 saturated carbocycles. The molecule has 0 saturated heterocycles. The predicted octanol–water partition coefficient (Wildman–Crippen LogP) is 3.77. The zero-order chi connectivity index (χ0) is 18.7. The number of thioether (sulfide) groups is 1. The number of aryl methyl sites for hydroxylation is 2. The van der Waals surface area contributed by atoms with Gasteiger partial charge in [0, 0.05) is 10.0 Å². The Morgan fingerprint density at radius 3 is 2.54 bits per heavy atom. The summed E-state index contributed by atoms with van der Waals surface area (Å²) in [5.74, 6) is 6.69. The van der Waals surface area contributed by atoms with Gasteiger partial charge in [0.05, 0.1) is 11.4 Å². The lowest BCUT2D eigenvalue weighted by atomic mass is 10.1. The Labute approximate surface area is 164 Å². The van der Waals surface area contributed by atoms with Crippen LogP contribution in [-0.2, 0) is 4.79 Å². The standard InChI is InChI=1S/C18H18BrN5OS/c1-11-3-6-13(7-4-11)17-22-23-18(24(17)20)26-10-16(25)21-15-8-5-12(2)9-14(15)19/h3-9H,10,20H2,1-2H3,(H,21,25). The Bertz CT molecular complexity index is 939. The largest absolute Gasteiger partial charge is 0.335 e. The summed E-state index contributed by atoms with van der Waals surface area (Å²) in [7, 11) is 0. The molecule has 3 rings (SSSR count). The highest BCUT2D eigenvalue weighted by Crippen LogP contribution is 2.25. The average Bonchev–Trinajstić information content (AvgIpc) is 2.97. The van der Waals surface area contributed by atoms with Crippen molar-refractivity contribution < 1.29 is 4.79 Å². The lowest BCUT2D eigenvalue weighted by Crippen LogP contribution is -2.16. The first-order valence-electron chi connectivity index (χ1n) is 7.90. The van der Waals surface area contributed by atoms with Crippen LogP contribution >= 0.6 is 27.7 Å². The van der Waals surface area contributed by atoms with E-state index in [4.69, 9.17) is 5.84 Å². The van der Waals surface area contributed by atoms with E-state index < -0.39 is 0 Å². The van der Waals surface area contributed by atoms with Crippen LogP contribution in [0, 0.1) is 13.8 Å². The van der Waals surface area contributed by atoms with E-state index in [2.05, 4.69) is 31.4 Å². The van der Waals surface area contributed by atoms with Crippen LogP contribution in [0.25, 0.3) is 11.4 Å². The number of nitrogens with zero attached hydrogens (tertiary/aromatic N) is 3. The van der Waals surface area contributed by atoms with Crippen molar-refractivity contribution in [2.75, 3.05) is 16.9 Å². The van der Waals surface area contributed by atoms with Crippen LogP contribution in [0.1, 0.15) is 11.1 Å². The van der Waals surface area contributed by atoms with Gasteiger partial charge in [-0.15, -0.1) is 10.2 Å². The molecule has 26 heavy (non-hydrogen) atoms. The van der Waals surface area contributed by atoms with Gasteiger partial charge in [-0.2, -0.15) is 0 Å². The zero-order valence-corrected chi connectivity index (χ0v) is 16.8. The molecule has 0 aliphatic heterocycles. The van der Waals surface area contributed by atoms with E-state index in [-0.39, 0.29) is 11.7 Å². The van der Waals surface area contributed by atoms with Crippen LogP contribution in [0.2, 0.25) is 0 Å². The van der Waals surface area contributed by atoms with Crippen molar-refractivity contribution in [1.29, 1.82) is 0 Å². The van der Waals surface area contributed by atoms with E-state index >= 15 is 0 Å². The smallest absolute Gasteiger partial charge is 0.234 e. The summed E-state index contributed by atoms with van der Waals surface area (Å²) in [4.78, 5) is 12.2. The maximum Gasteiger partial charge on any atom is 0.234 e. The second-order valence-corrected chi connectivity index (χ2v) is 7.66. The van der Waals surface area contributed by atoms with Crippen LogP contribution in [0.5, 0.6) is 0 Å². The molecule has 0 unspecified atom stereocenters. The number of aromatic nitrogens is 3. The molecule has 6 nitrogen and oxygen atoms in total. The summed E-state index contributed by atoms with van der Waals surface area (Å²) in [5.41, 5.74) is 3.88. The molecular formula is C18H18BrN5OS. The average molecular weight is 432 g/mol. The Morgan fingerprint density at radius 2 is 1.85 bits per heavy atom. The minimum atomic E-state index is -0.139. The monoisotopic (exact) mass is 431 g/mol. The number of nitrogen functional groups attached to an aromatic ring is 1. The maximum absolute atomic E-state index is 12.2. The van der Waals surface area contributed by atoms with Gasteiger partial charge in [-0.3, -0.25) is 4.79 Å². The van der Waals surface area contributed by atoms with E-state index in [9.17, 15) is 4.79 Å². The summed E-state index contributed by atoms with van der Waals surface area (Å²) in [6.07, 6.45) is 0. The van der Waals surface area contributed by atoms with Gasteiger partial charge in [-0.05, 0) is 47.5 Å². The van der Waals surface area contributed by atoms with Crippen LogP contribution < -0.4 is 11.2 Å². The summed E-state index contributed by atoms with van der Waals surface area (Å²) < 4.78 is 2.25. The summed E-state index contributed by atoms with van der Waals surface area (Å²) >= 11 is 4.69. The lowest BCUT2D eigenvalue weighted by molar-refractivity contribution is -0.113. The molecule has 0 aliphatic carbocycles. The number of carbonyl (C=O) groups is 1.